The molecule has 0 saturated heterocycles. The Morgan fingerprint density at radius 2 is 2.00 bits per heavy atom. The van der Waals surface area contributed by atoms with E-state index in [0.29, 0.717) is 24.9 Å². The number of ether oxygens (including phenoxy) is 2. The van der Waals surface area contributed by atoms with E-state index in [-0.39, 0.29) is 18.3 Å². The molecule has 1 N–H and O–H groups in total. The number of amides is 1. The Morgan fingerprint density at radius 3 is 2.87 bits per heavy atom. The van der Waals surface area contributed by atoms with Crippen molar-refractivity contribution in [1.29, 1.82) is 0 Å². The van der Waals surface area contributed by atoms with E-state index in [1.54, 1.807) is 16.3 Å². The molecule has 31 heavy (non-hydrogen) atoms. The van der Waals surface area contributed by atoms with Gasteiger partial charge in [-0.3, -0.25) is 14.2 Å². The van der Waals surface area contributed by atoms with Crippen molar-refractivity contribution < 1.29 is 14.3 Å². The number of carbonyl (C=O) groups is 1. The van der Waals surface area contributed by atoms with E-state index in [1.165, 1.54) is 0 Å². The maximum Gasteiger partial charge on any atom is 0.262 e. The van der Waals surface area contributed by atoms with E-state index in [2.05, 4.69) is 10.3 Å². The summed E-state index contributed by atoms with van der Waals surface area (Å²) in [5.74, 6) is 2.29. The Kier molecular flexibility index (Phi) is 6.76. The number of fused-ring (bicyclic) bond motifs is 2. The molecule has 162 valence electrons. The first-order valence-electron chi connectivity index (χ1n) is 10.4. The number of para-hydroxylation sites is 1. The van der Waals surface area contributed by atoms with E-state index >= 15 is 0 Å². The first-order chi connectivity index (χ1) is 15.2. The van der Waals surface area contributed by atoms with Gasteiger partial charge < -0.3 is 14.8 Å². The van der Waals surface area contributed by atoms with Crippen LogP contribution in [0.25, 0.3) is 10.9 Å². The van der Waals surface area contributed by atoms with Crippen LogP contribution in [0.15, 0.2) is 52.4 Å². The molecule has 8 heteroatoms. The van der Waals surface area contributed by atoms with Crippen LogP contribution in [0.3, 0.4) is 0 Å². The van der Waals surface area contributed by atoms with Crippen molar-refractivity contribution >= 4 is 28.6 Å². The third-order valence-corrected chi connectivity index (χ3v) is 6.16. The Hall–Kier alpha value is -3.00. The second-order valence-electron chi connectivity index (χ2n) is 7.23. The number of carbonyl (C=O) groups excluding carboxylic acids is 1. The highest BCUT2D eigenvalue weighted by atomic mass is 32.2. The maximum absolute atomic E-state index is 12.7. The Morgan fingerprint density at radius 1 is 1.16 bits per heavy atom. The molecule has 0 fully saturated rings. The van der Waals surface area contributed by atoms with Gasteiger partial charge in [0.05, 0.1) is 10.9 Å². The van der Waals surface area contributed by atoms with E-state index in [1.807, 2.05) is 49.4 Å². The van der Waals surface area contributed by atoms with Crippen LogP contribution in [-0.2, 0) is 17.9 Å². The van der Waals surface area contributed by atoms with Gasteiger partial charge in [-0.05, 0) is 49.6 Å². The van der Waals surface area contributed by atoms with Gasteiger partial charge in [0, 0.05) is 25.3 Å². The van der Waals surface area contributed by atoms with Crippen LogP contribution in [-0.4, -0.2) is 28.0 Å². The van der Waals surface area contributed by atoms with Crippen molar-refractivity contribution in [2.45, 2.75) is 44.4 Å². The first kappa shape index (κ1) is 21.2. The second-order valence-corrected chi connectivity index (χ2v) is 8.29. The topological polar surface area (TPSA) is 82.5 Å². The van der Waals surface area contributed by atoms with Crippen molar-refractivity contribution in [2.75, 3.05) is 12.5 Å². The number of thioether (sulfide) groups is 1. The number of nitrogens with zero attached hydrogens (tertiary/aromatic N) is 2. The van der Waals surface area contributed by atoms with Crippen LogP contribution in [0, 0.1) is 0 Å². The zero-order valence-electron chi connectivity index (χ0n) is 17.4. The summed E-state index contributed by atoms with van der Waals surface area (Å²) in [5.41, 5.74) is 1.70. The van der Waals surface area contributed by atoms with E-state index < -0.39 is 0 Å². The quantitative estimate of drug-likeness (QED) is 0.311. The lowest BCUT2D eigenvalue weighted by molar-refractivity contribution is -0.121. The minimum absolute atomic E-state index is 0.00139. The Labute approximate surface area is 184 Å². The largest absolute Gasteiger partial charge is 0.454 e. The van der Waals surface area contributed by atoms with Crippen molar-refractivity contribution in [3.05, 3.63) is 58.4 Å². The number of unbranched alkanes of at least 4 members (excludes halogenated alkanes) is 1. The van der Waals surface area contributed by atoms with Gasteiger partial charge in [0.25, 0.3) is 5.56 Å². The number of hydrogen-bond donors (Lipinski definition) is 1. The lowest BCUT2D eigenvalue weighted by atomic mass is 10.2. The molecule has 7 nitrogen and oxygen atoms in total. The fourth-order valence-corrected chi connectivity index (χ4v) is 4.49. The first-order valence-corrected chi connectivity index (χ1v) is 11.4. The summed E-state index contributed by atoms with van der Waals surface area (Å²) in [4.78, 5) is 29.4. The van der Waals surface area contributed by atoms with Gasteiger partial charge in [-0.2, -0.15) is 0 Å². The molecule has 3 aromatic rings. The van der Waals surface area contributed by atoms with Gasteiger partial charge in [-0.25, -0.2) is 4.98 Å². The molecule has 0 bridgehead atoms. The lowest BCUT2D eigenvalue weighted by Crippen LogP contribution is -2.22. The summed E-state index contributed by atoms with van der Waals surface area (Å²) in [7, 11) is 0. The molecule has 0 aliphatic carbocycles. The summed E-state index contributed by atoms with van der Waals surface area (Å²) in [6, 6.07) is 13.1. The molecule has 1 aliphatic heterocycles. The van der Waals surface area contributed by atoms with Crippen molar-refractivity contribution in [2.24, 2.45) is 0 Å². The van der Waals surface area contributed by atoms with Crippen molar-refractivity contribution in [3.8, 4) is 11.5 Å². The molecule has 2 aromatic carbocycles. The van der Waals surface area contributed by atoms with Gasteiger partial charge in [-0.15, -0.1) is 0 Å². The molecule has 0 unspecified atom stereocenters. The lowest BCUT2D eigenvalue weighted by Gasteiger charge is -2.11. The van der Waals surface area contributed by atoms with E-state index in [9.17, 15) is 9.59 Å². The standard InChI is InChI=1S/C23H25N3O4S/c1-2-26-22(28)17-7-3-4-8-18(17)25-23(26)31-12-6-5-9-21(27)24-14-16-10-11-19-20(13-16)30-15-29-19/h3-4,7-8,10-11,13H,2,5-6,9,12,14-15H2,1H3,(H,24,27). The van der Waals surface area contributed by atoms with Gasteiger partial charge in [0.2, 0.25) is 12.7 Å². The average molecular weight is 440 g/mol. The normalized spacial score (nSPS) is 12.3. The molecule has 0 saturated carbocycles. The highest BCUT2D eigenvalue weighted by Gasteiger charge is 2.13. The highest BCUT2D eigenvalue weighted by Crippen LogP contribution is 2.32. The summed E-state index contributed by atoms with van der Waals surface area (Å²) in [5, 5.41) is 4.33. The summed E-state index contributed by atoms with van der Waals surface area (Å²) < 4.78 is 12.4. The van der Waals surface area contributed by atoms with Gasteiger partial charge in [0.1, 0.15) is 0 Å². The zero-order valence-corrected chi connectivity index (χ0v) is 18.2. The molecule has 1 aromatic heterocycles. The van der Waals surface area contributed by atoms with Crippen LogP contribution in [0.2, 0.25) is 0 Å². The minimum Gasteiger partial charge on any atom is -0.454 e. The smallest absolute Gasteiger partial charge is 0.262 e. The molecule has 4 rings (SSSR count). The Balaban J connectivity index is 1.22. The predicted octanol–water partition coefficient (Wildman–Crippen LogP) is 3.72. The van der Waals surface area contributed by atoms with Crippen LogP contribution >= 0.6 is 11.8 Å². The van der Waals surface area contributed by atoms with E-state index in [4.69, 9.17) is 9.47 Å². The number of rotatable bonds is 9. The van der Waals surface area contributed by atoms with E-state index in [0.717, 1.165) is 46.3 Å². The number of nitrogens with one attached hydrogen (secondary N) is 1. The third kappa shape index (κ3) is 5.02. The average Bonchev–Trinajstić information content (AvgIpc) is 3.25. The maximum atomic E-state index is 12.7. The van der Waals surface area contributed by atoms with Crippen LogP contribution in [0.1, 0.15) is 31.7 Å². The summed E-state index contributed by atoms with van der Waals surface area (Å²) in [6.07, 6.45) is 2.12. The number of aromatic nitrogens is 2. The fourth-order valence-electron chi connectivity index (χ4n) is 3.43. The van der Waals surface area contributed by atoms with Gasteiger partial charge >= 0.3 is 0 Å². The van der Waals surface area contributed by atoms with Crippen LogP contribution in [0.5, 0.6) is 11.5 Å². The Bertz CT molecular complexity index is 1150. The third-order valence-electron chi connectivity index (χ3n) is 5.10. The number of benzene rings is 2. The second kappa shape index (κ2) is 9.87. The van der Waals surface area contributed by atoms with Crippen LogP contribution in [0.4, 0.5) is 0 Å². The van der Waals surface area contributed by atoms with Crippen molar-refractivity contribution in [1.82, 2.24) is 14.9 Å². The van der Waals surface area contributed by atoms with Gasteiger partial charge in [-0.1, -0.05) is 30.0 Å². The summed E-state index contributed by atoms with van der Waals surface area (Å²) >= 11 is 1.57. The molecule has 2 heterocycles. The molecular formula is C23H25N3O4S. The molecule has 0 radical (unpaired) electrons. The monoisotopic (exact) mass is 439 g/mol. The fraction of sp³-hybridized carbons (Fsp3) is 0.348. The van der Waals surface area contributed by atoms with Gasteiger partial charge in [0.15, 0.2) is 16.7 Å². The zero-order chi connectivity index (χ0) is 21.6. The molecule has 0 spiro atoms. The highest BCUT2D eigenvalue weighted by molar-refractivity contribution is 7.99. The summed E-state index contributed by atoms with van der Waals surface area (Å²) in [6.45, 7) is 3.24. The SMILES string of the molecule is CCn1c(SCCCCC(=O)NCc2ccc3c(c2)OCO3)nc2ccccc2c1=O. The molecule has 1 amide bonds. The predicted molar refractivity (Wildman–Crippen MR) is 121 cm³/mol. The van der Waals surface area contributed by atoms with Crippen molar-refractivity contribution in [3.63, 3.8) is 0 Å². The number of hydrogen-bond acceptors (Lipinski definition) is 6. The molecular weight excluding hydrogens is 414 g/mol. The van der Waals surface area contributed by atoms with Crippen LogP contribution < -0.4 is 20.3 Å². The minimum atomic E-state index is -0.00139. The molecule has 0 atom stereocenters. The molecule has 1 aliphatic rings.